The van der Waals surface area contributed by atoms with Crippen LogP contribution in [0.2, 0.25) is 0 Å². The standard InChI is InChI=1S/C55H38N2/c1-4-17-38(18-5-1)51-44-24-10-11-25-45(44)52(39-19-6-2-7-20-39)55-48-28-14-27-42(43-23-12-13-26-47(53(43)48)54(51)55)37-32-34-41(35-33-37)57(40-21-8-3-9-22-40)50-31-15-30-49-46(50)29-16-36-56-49/h1-22,24-36,42H,23H2. The van der Waals surface area contributed by atoms with Crippen molar-refractivity contribution in [1.82, 2.24) is 4.98 Å². The average Bonchev–Trinajstić information content (AvgIpc) is 3.39. The zero-order valence-corrected chi connectivity index (χ0v) is 31.4. The highest BCUT2D eigenvalue weighted by atomic mass is 15.1. The first-order chi connectivity index (χ1) is 28.3. The van der Waals surface area contributed by atoms with Crippen LogP contribution >= 0.6 is 0 Å². The predicted octanol–water partition coefficient (Wildman–Crippen LogP) is 14.6. The van der Waals surface area contributed by atoms with E-state index in [1.165, 1.54) is 72.0 Å². The SMILES string of the molecule is C1=CCC2=C3C(=C1)c1c(c(-c4ccccc4)c4ccccc4c1-c1ccccc1)C3=CC=CC2c1ccc(N(c2ccccc2)c2cccc3ncccc23)cc1. The van der Waals surface area contributed by atoms with Crippen LogP contribution in [-0.4, -0.2) is 4.98 Å². The second-order valence-corrected chi connectivity index (χ2v) is 14.9. The fraction of sp³-hybridized carbons (Fsp3) is 0.0364. The summed E-state index contributed by atoms with van der Waals surface area (Å²) < 4.78 is 0. The summed E-state index contributed by atoms with van der Waals surface area (Å²) in [7, 11) is 0. The molecule has 8 aromatic rings. The first-order valence-corrected chi connectivity index (χ1v) is 19.8. The minimum atomic E-state index is 0.102. The van der Waals surface area contributed by atoms with Gasteiger partial charge < -0.3 is 4.90 Å². The topological polar surface area (TPSA) is 16.1 Å². The fourth-order valence-electron chi connectivity index (χ4n) is 9.41. The normalized spacial score (nSPS) is 15.5. The van der Waals surface area contributed by atoms with Gasteiger partial charge in [0.05, 0.1) is 11.2 Å². The van der Waals surface area contributed by atoms with Gasteiger partial charge in [0.25, 0.3) is 0 Å². The number of nitrogens with zero attached hydrogens (tertiary/aromatic N) is 2. The third-order valence-electron chi connectivity index (χ3n) is 11.8. The highest BCUT2D eigenvalue weighted by Crippen LogP contribution is 2.59. The highest BCUT2D eigenvalue weighted by Gasteiger charge is 2.37. The number of hydrogen-bond donors (Lipinski definition) is 0. The molecule has 0 aliphatic heterocycles. The summed E-state index contributed by atoms with van der Waals surface area (Å²) in [6, 6.07) is 61.4. The quantitative estimate of drug-likeness (QED) is 0.170. The van der Waals surface area contributed by atoms with E-state index < -0.39 is 0 Å². The van der Waals surface area contributed by atoms with E-state index in [1.54, 1.807) is 0 Å². The Balaban J connectivity index is 1.10. The Morgan fingerprint density at radius 3 is 1.72 bits per heavy atom. The minimum absolute atomic E-state index is 0.102. The van der Waals surface area contributed by atoms with E-state index in [9.17, 15) is 0 Å². The molecule has 0 fully saturated rings. The lowest BCUT2D eigenvalue weighted by Gasteiger charge is -2.27. The van der Waals surface area contributed by atoms with Crippen LogP contribution in [0.4, 0.5) is 17.1 Å². The van der Waals surface area contributed by atoms with Crippen molar-refractivity contribution in [2.45, 2.75) is 12.3 Å². The number of allylic oxidation sites excluding steroid dienone is 10. The van der Waals surface area contributed by atoms with Crippen LogP contribution in [-0.2, 0) is 0 Å². The molecule has 1 unspecified atom stereocenters. The van der Waals surface area contributed by atoms with Gasteiger partial charge in [-0.2, -0.15) is 0 Å². The van der Waals surface area contributed by atoms with Crippen molar-refractivity contribution >= 4 is 49.9 Å². The molecule has 0 bridgehead atoms. The Labute approximate surface area is 333 Å². The molecule has 0 spiro atoms. The van der Waals surface area contributed by atoms with Crippen LogP contribution in [0.1, 0.15) is 29.0 Å². The Kier molecular flexibility index (Phi) is 8.00. The summed E-state index contributed by atoms with van der Waals surface area (Å²) >= 11 is 0. The number of pyridine rings is 1. The molecule has 3 aliphatic rings. The maximum Gasteiger partial charge on any atom is 0.0723 e. The number of rotatable bonds is 6. The number of hydrogen-bond acceptors (Lipinski definition) is 2. The van der Waals surface area contributed by atoms with E-state index in [-0.39, 0.29) is 5.92 Å². The molecular formula is C55H38N2. The van der Waals surface area contributed by atoms with Gasteiger partial charge in [0.15, 0.2) is 0 Å². The summed E-state index contributed by atoms with van der Waals surface area (Å²) in [5.41, 5.74) is 18.8. The van der Waals surface area contributed by atoms with Crippen LogP contribution in [0.25, 0.3) is 55.1 Å². The van der Waals surface area contributed by atoms with Gasteiger partial charge in [-0.05, 0) is 127 Å². The first-order valence-electron chi connectivity index (χ1n) is 19.8. The lowest BCUT2D eigenvalue weighted by molar-refractivity contribution is 0.942. The van der Waals surface area contributed by atoms with Crippen molar-refractivity contribution in [2.75, 3.05) is 4.90 Å². The monoisotopic (exact) mass is 726 g/mol. The van der Waals surface area contributed by atoms with Gasteiger partial charge in [0.2, 0.25) is 0 Å². The largest absolute Gasteiger partial charge is 0.310 e. The lowest BCUT2D eigenvalue weighted by atomic mass is 9.83. The van der Waals surface area contributed by atoms with Gasteiger partial charge in [-0.3, -0.25) is 4.98 Å². The van der Waals surface area contributed by atoms with Crippen LogP contribution in [0.15, 0.2) is 224 Å². The molecule has 0 N–H and O–H groups in total. The Morgan fingerprint density at radius 2 is 1.05 bits per heavy atom. The molecule has 2 nitrogen and oxygen atoms in total. The molecule has 7 aromatic carbocycles. The van der Waals surface area contributed by atoms with Gasteiger partial charge in [-0.25, -0.2) is 0 Å². The maximum absolute atomic E-state index is 4.68. The van der Waals surface area contributed by atoms with Gasteiger partial charge in [-0.15, -0.1) is 0 Å². The summed E-state index contributed by atoms with van der Waals surface area (Å²) in [4.78, 5) is 7.03. The van der Waals surface area contributed by atoms with Crippen molar-refractivity contribution in [3.8, 4) is 22.3 Å². The van der Waals surface area contributed by atoms with Crippen molar-refractivity contribution in [1.29, 1.82) is 0 Å². The van der Waals surface area contributed by atoms with Crippen LogP contribution in [0.3, 0.4) is 0 Å². The van der Waals surface area contributed by atoms with Crippen molar-refractivity contribution in [2.24, 2.45) is 0 Å². The third kappa shape index (κ3) is 5.44. The minimum Gasteiger partial charge on any atom is -0.310 e. The Morgan fingerprint density at radius 1 is 0.474 bits per heavy atom. The molecule has 268 valence electrons. The van der Waals surface area contributed by atoms with E-state index in [0.29, 0.717) is 0 Å². The number of para-hydroxylation sites is 1. The molecular weight excluding hydrogens is 689 g/mol. The zero-order valence-electron chi connectivity index (χ0n) is 31.4. The summed E-state index contributed by atoms with van der Waals surface area (Å²) in [5, 5.41) is 3.68. The van der Waals surface area contributed by atoms with Gasteiger partial charge in [-0.1, -0.05) is 158 Å². The predicted molar refractivity (Wildman–Crippen MR) is 240 cm³/mol. The lowest BCUT2D eigenvalue weighted by Crippen LogP contribution is -2.11. The van der Waals surface area contributed by atoms with Gasteiger partial charge >= 0.3 is 0 Å². The number of anilines is 3. The summed E-state index contributed by atoms with van der Waals surface area (Å²) in [6.45, 7) is 0. The molecule has 11 rings (SSSR count). The molecule has 0 saturated heterocycles. The van der Waals surface area contributed by atoms with E-state index in [2.05, 4.69) is 210 Å². The number of aromatic nitrogens is 1. The molecule has 0 radical (unpaired) electrons. The molecule has 0 amide bonds. The number of benzene rings is 7. The second kappa shape index (κ2) is 13.8. The molecule has 1 heterocycles. The van der Waals surface area contributed by atoms with Crippen LogP contribution in [0, 0.1) is 0 Å². The summed E-state index contributed by atoms with van der Waals surface area (Å²) in [5.74, 6) is 0.102. The maximum atomic E-state index is 4.68. The molecule has 1 atom stereocenters. The first kappa shape index (κ1) is 33.1. The van der Waals surface area contributed by atoms with Crippen LogP contribution in [0.5, 0.6) is 0 Å². The molecule has 3 aliphatic carbocycles. The zero-order chi connectivity index (χ0) is 37.7. The van der Waals surface area contributed by atoms with Crippen molar-refractivity contribution < 1.29 is 0 Å². The third-order valence-corrected chi connectivity index (χ3v) is 11.8. The van der Waals surface area contributed by atoms with Gasteiger partial charge in [0, 0.05) is 28.9 Å². The van der Waals surface area contributed by atoms with Gasteiger partial charge in [0.1, 0.15) is 0 Å². The molecule has 1 aromatic heterocycles. The second-order valence-electron chi connectivity index (χ2n) is 14.9. The molecule has 57 heavy (non-hydrogen) atoms. The van der Waals surface area contributed by atoms with E-state index in [4.69, 9.17) is 0 Å². The van der Waals surface area contributed by atoms with E-state index in [1.807, 2.05) is 12.3 Å². The van der Waals surface area contributed by atoms with Crippen LogP contribution < -0.4 is 4.90 Å². The van der Waals surface area contributed by atoms with E-state index in [0.717, 1.165) is 34.4 Å². The highest BCUT2D eigenvalue weighted by molar-refractivity contribution is 6.23. The smallest absolute Gasteiger partial charge is 0.0723 e. The summed E-state index contributed by atoms with van der Waals surface area (Å²) in [6.07, 6.45) is 16.8. The molecule has 2 heteroatoms. The Bertz CT molecular complexity index is 2910. The van der Waals surface area contributed by atoms with Crippen molar-refractivity contribution in [3.63, 3.8) is 0 Å². The number of fused-ring (bicyclic) bond motifs is 5. The molecule has 0 saturated carbocycles. The average molecular weight is 727 g/mol. The van der Waals surface area contributed by atoms with E-state index >= 15 is 0 Å². The fourth-order valence-corrected chi connectivity index (χ4v) is 9.41. The Hall–Kier alpha value is -7.29. The van der Waals surface area contributed by atoms with Crippen molar-refractivity contribution in [3.05, 3.63) is 240 Å².